The van der Waals surface area contributed by atoms with Gasteiger partial charge in [0.15, 0.2) is 0 Å². The van der Waals surface area contributed by atoms with Crippen LogP contribution in [0.2, 0.25) is 0 Å². The summed E-state index contributed by atoms with van der Waals surface area (Å²) in [4.78, 5) is 0. The van der Waals surface area contributed by atoms with Gasteiger partial charge in [-0.05, 0) is 26.7 Å². The summed E-state index contributed by atoms with van der Waals surface area (Å²) in [5.74, 6) is 0. The summed E-state index contributed by atoms with van der Waals surface area (Å²) < 4.78 is 0. The Morgan fingerprint density at radius 1 is 1.64 bits per heavy atom. The van der Waals surface area contributed by atoms with Crippen molar-refractivity contribution < 1.29 is 10.2 Å². The second-order valence-electron chi connectivity index (χ2n) is 3.81. The fourth-order valence-corrected chi connectivity index (χ4v) is 1.51. The Hall–Kier alpha value is -0.340. The van der Waals surface area contributed by atoms with Gasteiger partial charge in [0.25, 0.3) is 0 Å². The van der Waals surface area contributed by atoms with Gasteiger partial charge in [0.2, 0.25) is 0 Å². The molecule has 1 aliphatic carbocycles. The summed E-state index contributed by atoms with van der Waals surface area (Å²) in [5.41, 5.74) is 0.465. The average Bonchev–Trinajstić information content (AvgIpc) is 1.90. The molecule has 0 saturated heterocycles. The van der Waals surface area contributed by atoms with Crippen LogP contribution in [0.3, 0.4) is 0 Å². The molecule has 0 spiro atoms. The molecule has 11 heavy (non-hydrogen) atoms. The first kappa shape index (κ1) is 8.75. The SMILES string of the molecule is CC1=CCC(C)(O)CC(O)C1. The van der Waals surface area contributed by atoms with Crippen LogP contribution in [0.1, 0.15) is 33.1 Å². The maximum absolute atomic E-state index is 9.64. The van der Waals surface area contributed by atoms with Gasteiger partial charge in [-0.1, -0.05) is 11.6 Å². The molecule has 1 rings (SSSR count). The molecule has 64 valence electrons. The van der Waals surface area contributed by atoms with Gasteiger partial charge in [-0.15, -0.1) is 0 Å². The topological polar surface area (TPSA) is 40.5 Å². The molecule has 2 N–H and O–H groups in total. The van der Waals surface area contributed by atoms with Crippen molar-refractivity contribution in [3.8, 4) is 0 Å². The molecule has 0 saturated carbocycles. The average molecular weight is 156 g/mol. The fourth-order valence-electron chi connectivity index (χ4n) is 1.51. The van der Waals surface area contributed by atoms with Crippen molar-refractivity contribution in [1.29, 1.82) is 0 Å². The van der Waals surface area contributed by atoms with Gasteiger partial charge in [-0.2, -0.15) is 0 Å². The molecule has 2 heteroatoms. The summed E-state index contributed by atoms with van der Waals surface area (Å²) in [6.07, 6.45) is 3.49. The van der Waals surface area contributed by atoms with Crippen LogP contribution in [-0.2, 0) is 0 Å². The molecule has 0 bridgehead atoms. The van der Waals surface area contributed by atoms with Crippen LogP contribution in [0.25, 0.3) is 0 Å². The zero-order valence-corrected chi connectivity index (χ0v) is 7.17. The van der Waals surface area contributed by atoms with Crippen LogP contribution in [0.15, 0.2) is 11.6 Å². The van der Waals surface area contributed by atoms with E-state index in [1.807, 2.05) is 13.0 Å². The van der Waals surface area contributed by atoms with Gasteiger partial charge >= 0.3 is 0 Å². The normalized spacial score (nSPS) is 39.6. The summed E-state index contributed by atoms with van der Waals surface area (Å²) in [7, 11) is 0. The molecule has 2 unspecified atom stereocenters. The van der Waals surface area contributed by atoms with E-state index in [2.05, 4.69) is 0 Å². The highest BCUT2D eigenvalue weighted by molar-refractivity contribution is 5.06. The second-order valence-corrected chi connectivity index (χ2v) is 3.81. The van der Waals surface area contributed by atoms with E-state index >= 15 is 0 Å². The number of aliphatic hydroxyl groups is 2. The Morgan fingerprint density at radius 3 is 2.91 bits per heavy atom. The number of hydrogen-bond acceptors (Lipinski definition) is 2. The van der Waals surface area contributed by atoms with Crippen LogP contribution in [0, 0.1) is 0 Å². The van der Waals surface area contributed by atoms with Gasteiger partial charge in [-0.3, -0.25) is 0 Å². The minimum atomic E-state index is -0.711. The standard InChI is InChI=1S/C9H16O2/c1-7-3-4-9(2,11)6-8(10)5-7/h3,8,10-11H,4-6H2,1-2H3. The van der Waals surface area contributed by atoms with Crippen molar-refractivity contribution >= 4 is 0 Å². The van der Waals surface area contributed by atoms with Gasteiger partial charge in [-0.25, -0.2) is 0 Å². The molecule has 1 aliphatic rings. The summed E-state index contributed by atoms with van der Waals surface area (Å²) in [5, 5.41) is 19.0. The first-order chi connectivity index (χ1) is 4.99. The summed E-state index contributed by atoms with van der Waals surface area (Å²) in [6.45, 7) is 3.76. The Labute approximate surface area is 67.6 Å². The number of aliphatic hydroxyl groups excluding tert-OH is 1. The van der Waals surface area contributed by atoms with E-state index in [4.69, 9.17) is 0 Å². The molecule has 0 aliphatic heterocycles. The van der Waals surface area contributed by atoms with Crippen LogP contribution in [-0.4, -0.2) is 21.9 Å². The van der Waals surface area contributed by atoms with Crippen LogP contribution in [0.5, 0.6) is 0 Å². The summed E-state index contributed by atoms with van der Waals surface area (Å²) >= 11 is 0. The third-order valence-corrected chi connectivity index (χ3v) is 2.12. The number of rotatable bonds is 0. The molecule has 0 aromatic rings. The Morgan fingerprint density at radius 2 is 2.27 bits per heavy atom. The van der Waals surface area contributed by atoms with Crippen molar-refractivity contribution in [2.45, 2.75) is 44.8 Å². The highest BCUT2D eigenvalue weighted by Crippen LogP contribution is 2.25. The lowest BCUT2D eigenvalue weighted by Crippen LogP contribution is -2.27. The monoisotopic (exact) mass is 156 g/mol. The molecular weight excluding hydrogens is 140 g/mol. The van der Waals surface area contributed by atoms with E-state index in [0.29, 0.717) is 19.3 Å². The Balaban J connectivity index is 2.67. The quantitative estimate of drug-likeness (QED) is 0.518. The molecule has 0 heterocycles. The maximum Gasteiger partial charge on any atom is 0.0678 e. The molecule has 0 aromatic heterocycles. The third kappa shape index (κ3) is 2.64. The van der Waals surface area contributed by atoms with E-state index in [9.17, 15) is 10.2 Å². The molecule has 0 radical (unpaired) electrons. The van der Waals surface area contributed by atoms with E-state index in [1.165, 1.54) is 5.57 Å². The number of hydrogen-bond donors (Lipinski definition) is 2. The highest BCUT2D eigenvalue weighted by Gasteiger charge is 2.25. The third-order valence-electron chi connectivity index (χ3n) is 2.12. The minimum absolute atomic E-state index is 0.372. The fraction of sp³-hybridized carbons (Fsp3) is 0.778. The van der Waals surface area contributed by atoms with Crippen LogP contribution < -0.4 is 0 Å². The van der Waals surface area contributed by atoms with Gasteiger partial charge in [0.05, 0.1) is 11.7 Å². The smallest absolute Gasteiger partial charge is 0.0678 e. The van der Waals surface area contributed by atoms with Crippen molar-refractivity contribution in [3.05, 3.63) is 11.6 Å². The lowest BCUT2D eigenvalue weighted by Gasteiger charge is -2.21. The lowest BCUT2D eigenvalue weighted by atomic mass is 9.96. The van der Waals surface area contributed by atoms with Gasteiger partial charge < -0.3 is 10.2 Å². The second kappa shape index (κ2) is 2.95. The Kier molecular flexibility index (Phi) is 2.35. The molecule has 0 amide bonds. The highest BCUT2D eigenvalue weighted by atomic mass is 16.3. The zero-order valence-electron chi connectivity index (χ0n) is 7.17. The molecular formula is C9H16O2. The van der Waals surface area contributed by atoms with Crippen LogP contribution >= 0.6 is 0 Å². The predicted octanol–water partition coefficient (Wildman–Crippen LogP) is 1.23. The van der Waals surface area contributed by atoms with E-state index in [-0.39, 0.29) is 6.10 Å². The maximum atomic E-state index is 9.64. The largest absolute Gasteiger partial charge is 0.393 e. The molecule has 2 nitrogen and oxygen atoms in total. The molecule has 0 aromatic carbocycles. The van der Waals surface area contributed by atoms with Crippen molar-refractivity contribution in [1.82, 2.24) is 0 Å². The Bertz CT molecular complexity index is 170. The van der Waals surface area contributed by atoms with Crippen molar-refractivity contribution in [3.63, 3.8) is 0 Å². The molecule has 2 atom stereocenters. The lowest BCUT2D eigenvalue weighted by molar-refractivity contribution is 0.0105. The van der Waals surface area contributed by atoms with E-state index in [1.54, 1.807) is 6.92 Å². The molecule has 0 fully saturated rings. The first-order valence-corrected chi connectivity index (χ1v) is 4.06. The minimum Gasteiger partial charge on any atom is -0.393 e. The summed E-state index contributed by atoms with van der Waals surface area (Å²) in [6, 6.07) is 0. The van der Waals surface area contributed by atoms with Crippen molar-refractivity contribution in [2.24, 2.45) is 0 Å². The predicted molar refractivity (Wildman–Crippen MR) is 44.2 cm³/mol. The zero-order chi connectivity index (χ0) is 8.48. The van der Waals surface area contributed by atoms with Gasteiger partial charge in [0.1, 0.15) is 0 Å². The van der Waals surface area contributed by atoms with Gasteiger partial charge in [0, 0.05) is 6.42 Å². The van der Waals surface area contributed by atoms with Crippen molar-refractivity contribution in [2.75, 3.05) is 0 Å². The van der Waals surface area contributed by atoms with Crippen LogP contribution in [0.4, 0.5) is 0 Å². The van der Waals surface area contributed by atoms with E-state index < -0.39 is 5.60 Å². The van der Waals surface area contributed by atoms with E-state index in [0.717, 1.165) is 0 Å². The first-order valence-electron chi connectivity index (χ1n) is 4.06.